The van der Waals surface area contributed by atoms with E-state index in [1.807, 2.05) is 30.0 Å². The summed E-state index contributed by atoms with van der Waals surface area (Å²) in [7, 11) is 0. The number of alkyl halides is 1. The molecule has 1 amide bonds. The highest BCUT2D eigenvalue weighted by molar-refractivity contribution is 9.09. The lowest BCUT2D eigenvalue weighted by Gasteiger charge is -2.19. The summed E-state index contributed by atoms with van der Waals surface area (Å²) in [5, 5.41) is 3.23. The van der Waals surface area contributed by atoms with Gasteiger partial charge in [-0.3, -0.25) is 4.79 Å². The second-order valence-electron chi connectivity index (χ2n) is 4.52. The average Bonchev–Trinajstić information content (AvgIpc) is 2.44. The molecule has 0 unspecified atom stereocenters. The third kappa shape index (κ3) is 3.57. The molecule has 0 aliphatic heterocycles. The van der Waals surface area contributed by atoms with Crippen LogP contribution in [0, 0.1) is 0 Å². The van der Waals surface area contributed by atoms with Crippen molar-refractivity contribution >= 4 is 32.6 Å². The molecule has 2 nitrogen and oxygen atoms in total. The first-order valence-electron chi connectivity index (χ1n) is 6.56. The van der Waals surface area contributed by atoms with Crippen LogP contribution in [0.2, 0.25) is 0 Å². The number of carbonyl (C=O) groups excluding carboxylic acids is 1. The summed E-state index contributed by atoms with van der Waals surface area (Å²) in [4.78, 5) is 14.1. The van der Waals surface area contributed by atoms with Crippen molar-refractivity contribution in [3.63, 3.8) is 0 Å². The highest BCUT2D eigenvalue weighted by Gasteiger charge is 2.11. The van der Waals surface area contributed by atoms with Gasteiger partial charge >= 0.3 is 0 Å². The van der Waals surface area contributed by atoms with Gasteiger partial charge in [0.1, 0.15) is 0 Å². The van der Waals surface area contributed by atoms with E-state index in [0.29, 0.717) is 6.42 Å². The van der Waals surface area contributed by atoms with Gasteiger partial charge in [-0.15, -0.1) is 0 Å². The Bertz CT molecular complexity index is 567. The largest absolute Gasteiger partial charge is 0.342 e. The molecule has 3 heteroatoms. The fraction of sp³-hybridized carbons (Fsp3) is 0.312. The fourth-order valence-electron chi connectivity index (χ4n) is 2.20. The average molecular weight is 320 g/mol. The van der Waals surface area contributed by atoms with Gasteiger partial charge in [-0.05, 0) is 23.3 Å². The van der Waals surface area contributed by atoms with Crippen molar-refractivity contribution in [1.82, 2.24) is 4.90 Å². The van der Waals surface area contributed by atoms with Gasteiger partial charge in [0.15, 0.2) is 0 Å². The second kappa shape index (κ2) is 6.71. The van der Waals surface area contributed by atoms with Crippen LogP contribution < -0.4 is 0 Å². The molecule has 0 aromatic heterocycles. The third-order valence-electron chi connectivity index (χ3n) is 3.26. The van der Waals surface area contributed by atoms with Crippen molar-refractivity contribution in [2.75, 3.05) is 18.4 Å². The number of hydrogen-bond acceptors (Lipinski definition) is 1. The Morgan fingerprint density at radius 1 is 1.16 bits per heavy atom. The molecule has 0 aliphatic carbocycles. The van der Waals surface area contributed by atoms with Gasteiger partial charge in [-0.1, -0.05) is 58.4 Å². The molecule has 0 N–H and O–H groups in total. The number of halogens is 1. The fourth-order valence-corrected chi connectivity index (χ4v) is 2.62. The van der Waals surface area contributed by atoms with Gasteiger partial charge in [0.2, 0.25) is 5.91 Å². The number of hydrogen-bond donors (Lipinski definition) is 0. The first kappa shape index (κ1) is 14.1. The highest BCUT2D eigenvalue weighted by Crippen LogP contribution is 2.16. The normalized spacial score (nSPS) is 10.6. The lowest BCUT2D eigenvalue weighted by atomic mass is 10.0. The van der Waals surface area contributed by atoms with Crippen LogP contribution in [0.15, 0.2) is 42.5 Å². The molecule has 0 fully saturated rings. The van der Waals surface area contributed by atoms with Crippen LogP contribution in [0.25, 0.3) is 10.8 Å². The minimum Gasteiger partial charge on any atom is -0.342 e. The van der Waals surface area contributed by atoms with E-state index in [2.05, 4.69) is 40.2 Å². The molecule has 0 bridgehead atoms. The first-order valence-corrected chi connectivity index (χ1v) is 7.68. The van der Waals surface area contributed by atoms with Crippen LogP contribution in [0.1, 0.15) is 12.5 Å². The van der Waals surface area contributed by atoms with Crippen LogP contribution in [0.4, 0.5) is 0 Å². The number of nitrogens with zero attached hydrogens (tertiary/aromatic N) is 1. The standard InChI is InChI=1S/C16H18BrNO/c1-2-18(10-9-17)16(19)12-13-7-8-14-5-3-4-6-15(14)11-13/h3-8,11H,2,9-10,12H2,1H3. The summed E-state index contributed by atoms with van der Waals surface area (Å²) in [5.41, 5.74) is 1.08. The number of fused-ring (bicyclic) bond motifs is 1. The summed E-state index contributed by atoms with van der Waals surface area (Å²) >= 11 is 3.38. The molecule has 2 aromatic carbocycles. The minimum atomic E-state index is 0.192. The summed E-state index contributed by atoms with van der Waals surface area (Å²) in [6, 6.07) is 14.5. The van der Waals surface area contributed by atoms with E-state index in [9.17, 15) is 4.79 Å². The van der Waals surface area contributed by atoms with E-state index >= 15 is 0 Å². The lowest BCUT2D eigenvalue weighted by molar-refractivity contribution is -0.130. The van der Waals surface area contributed by atoms with Gasteiger partial charge in [-0.25, -0.2) is 0 Å². The van der Waals surface area contributed by atoms with Crippen molar-refractivity contribution in [2.24, 2.45) is 0 Å². The maximum absolute atomic E-state index is 12.2. The summed E-state index contributed by atoms with van der Waals surface area (Å²) in [6.07, 6.45) is 0.478. The van der Waals surface area contributed by atoms with Gasteiger partial charge in [0.25, 0.3) is 0 Å². The van der Waals surface area contributed by atoms with Gasteiger partial charge in [0, 0.05) is 18.4 Å². The molecule has 0 spiro atoms. The quantitative estimate of drug-likeness (QED) is 0.771. The molecule has 0 saturated carbocycles. The Labute approximate surface area is 122 Å². The second-order valence-corrected chi connectivity index (χ2v) is 5.31. The highest BCUT2D eigenvalue weighted by atomic mass is 79.9. The summed E-state index contributed by atoms with van der Waals surface area (Å²) in [6.45, 7) is 3.54. The number of rotatable bonds is 5. The predicted molar refractivity (Wildman–Crippen MR) is 83.7 cm³/mol. The van der Waals surface area contributed by atoms with E-state index in [4.69, 9.17) is 0 Å². The van der Waals surface area contributed by atoms with Crippen molar-refractivity contribution in [2.45, 2.75) is 13.3 Å². The molecule has 0 aliphatic rings. The van der Waals surface area contributed by atoms with Crippen LogP contribution in [0.5, 0.6) is 0 Å². The Morgan fingerprint density at radius 2 is 1.89 bits per heavy atom. The molecule has 19 heavy (non-hydrogen) atoms. The number of amides is 1. The van der Waals surface area contributed by atoms with E-state index in [0.717, 1.165) is 24.0 Å². The van der Waals surface area contributed by atoms with Gasteiger partial charge in [0.05, 0.1) is 6.42 Å². The van der Waals surface area contributed by atoms with Crippen molar-refractivity contribution in [3.05, 3.63) is 48.0 Å². The zero-order valence-corrected chi connectivity index (χ0v) is 12.7. The maximum atomic E-state index is 12.2. The van der Waals surface area contributed by atoms with E-state index in [1.54, 1.807) is 0 Å². The third-order valence-corrected chi connectivity index (χ3v) is 3.61. The Morgan fingerprint density at radius 3 is 2.58 bits per heavy atom. The van der Waals surface area contributed by atoms with Crippen molar-refractivity contribution in [3.8, 4) is 0 Å². The van der Waals surface area contributed by atoms with E-state index in [1.165, 1.54) is 10.8 Å². The SMILES string of the molecule is CCN(CCBr)C(=O)Cc1ccc2ccccc2c1. The van der Waals surface area contributed by atoms with Crippen LogP contribution in [-0.2, 0) is 11.2 Å². The molecule has 2 rings (SSSR count). The van der Waals surface area contributed by atoms with Crippen LogP contribution >= 0.6 is 15.9 Å². The Hall–Kier alpha value is -1.35. The molecule has 0 radical (unpaired) electrons. The lowest BCUT2D eigenvalue weighted by Crippen LogP contribution is -2.33. The molecular weight excluding hydrogens is 302 g/mol. The zero-order valence-electron chi connectivity index (χ0n) is 11.1. The van der Waals surface area contributed by atoms with Gasteiger partial charge in [-0.2, -0.15) is 0 Å². The molecule has 0 saturated heterocycles. The summed E-state index contributed by atoms with van der Waals surface area (Å²) < 4.78 is 0. The zero-order chi connectivity index (χ0) is 13.7. The minimum absolute atomic E-state index is 0.192. The molecular formula is C16H18BrNO. The smallest absolute Gasteiger partial charge is 0.227 e. The van der Waals surface area contributed by atoms with Crippen LogP contribution in [0.3, 0.4) is 0 Å². The maximum Gasteiger partial charge on any atom is 0.227 e. The monoisotopic (exact) mass is 319 g/mol. The van der Waals surface area contributed by atoms with E-state index < -0.39 is 0 Å². The van der Waals surface area contributed by atoms with Crippen LogP contribution in [-0.4, -0.2) is 29.2 Å². The Kier molecular flexibility index (Phi) is 4.97. The first-order chi connectivity index (χ1) is 9.24. The molecule has 2 aromatic rings. The number of likely N-dealkylation sites (N-methyl/N-ethyl adjacent to an activating group) is 1. The molecule has 100 valence electrons. The Balaban J connectivity index is 2.14. The number of benzene rings is 2. The summed E-state index contributed by atoms with van der Waals surface area (Å²) in [5.74, 6) is 0.192. The number of carbonyl (C=O) groups is 1. The topological polar surface area (TPSA) is 20.3 Å². The van der Waals surface area contributed by atoms with E-state index in [-0.39, 0.29) is 5.91 Å². The van der Waals surface area contributed by atoms with Crippen molar-refractivity contribution < 1.29 is 4.79 Å². The molecule has 0 atom stereocenters. The predicted octanol–water partition coefficient (Wildman–Crippen LogP) is 3.63. The van der Waals surface area contributed by atoms with Crippen molar-refractivity contribution in [1.29, 1.82) is 0 Å². The van der Waals surface area contributed by atoms with Gasteiger partial charge < -0.3 is 4.90 Å². The molecule has 0 heterocycles.